The molecule has 0 bridgehead atoms. The molecular formula is C12H21N3OS. The van der Waals surface area contributed by atoms with Gasteiger partial charge in [-0.2, -0.15) is 0 Å². The Labute approximate surface area is 107 Å². The van der Waals surface area contributed by atoms with Crippen LogP contribution in [0.2, 0.25) is 0 Å². The molecule has 1 rings (SSSR count). The normalized spacial score (nSPS) is 10.5. The van der Waals surface area contributed by atoms with E-state index in [1.54, 1.807) is 0 Å². The number of hydrogen-bond acceptors (Lipinski definition) is 4. The zero-order valence-corrected chi connectivity index (χ0v) is 11.5. The Balaban J connectivity index is 2.32. The van der Waals surface area contributed by atoms with E-state index in [9.17, 15) is 4.79 Å². The van der Waals surface area contributed by atoms with Gasteiger partial charge in [0.15, 0.2) is 0 Å². The van der Waals surface area contributed by atoms with Crippen molar-refractivity contribution in [3.63, 3.8) is 0 Å². The minimum Gasteiger partial charge on any atom is -0.301 e. The fraction of sp³-hybridized carbons (Fsp3) is 0.750. The average Bonchev–Trinajstić information content (AvgIpc) is 2.74. The molecule has 1 amide bonds. The van der Waals surface area contributed by atoms with Gasteiger partial charge in [-0.3, -0.25) is 4.79 Å². The second-order valence-electron chi connectivity index (χ2n) is 4.11. The number of unbranched alkanes of at least 4 members (excludes halogenated alkanes) is 3. The molecule has 1 aromatic rings. The lowest BCUT2D eigenvalue weighted by molar-refractivity contribution is -0.116. The molecular weight excluding hydrogens is 234 g/mol. The van der Waals surface area contributed by atoms with Gasteiger partial charge in [0, 0.05) is 12.8 Å². The molecule has 0 saturated carbocycles. The second-order valence-corrected chi connectivity index (χ2v) is 5.17. The van der Waals surface area contributed by atoms with Crippen molar-refractivity contribution in [2.45, 2.75) is 58.8 Å². The molecule has 0 atom stereocenters. The predicted octanol–water partition coefficient (Wildman–Crippen LogP) is 3.40. The molecule has 0 spiro atoms. The minimum atomic E-state index is 0.0445. The number of rotatable bonds is 8. The van der Waals surface area contributed by atoms with Gasteiger partial charge in [-0.25, -0.2) is 0 Å². The summed E-state index contributed by atoms with van der Waals surface area (Å²) in [5.41, 5.74) is 0. The molecule has 4 nitrogen and oxygen atoms in total. The predicted molar refractivity (Wildman–Crippen MR) is 71.3 cm³/mol. The summed E-state index contributed by atoms with van der Waals surface area (Å²) in [4.78, 5) is 11.5. The van der Waals surface area contributed by atoms with Gasteiger partial charge in [0.1, 0.15) is 5.01 Å². The lowest BCUT2D eigenvalue weighted by Gasteiger charge is -1.98. The quantitative estimate of drug-likeness (QED) is 0.724. The second kappa shape index (κ2) is 8.17. The highest BCUT2D eigenvalue weighted by Crippen LogP contribution is 2.17. The third-order valence-electron chi connectivity index (χ3n) is 2.46. The van der Waals surface area contributed by atoms with Gasteiger partial charge in [-0.1, -0.05) is 44.4 Å². The van der Waals surface area contributed by atoms with Crippen molar-refractivity contribution < 1.29 is 4.79 Å². The number of carbonyl (C=O) groups excluding carboxylic acids is 1. The van der Waals surface area contributed by atoms with E-state index in [1.165, 1.54) is 24.2 Å². The maximum absolute atomic E-state index is 11.5. The summed E-state index contributed by atoms with van der Waals surface area (Å²) in [5.74, 6) is 0.0445. The number of aromatic nitrogens is 2. The summed E-state index contributed by atoms with van der Waals surface area (Å²) in [6, 6.07) is 0. The van der Waals surface area contributed by atoms with E-state index in [0.29, 0.717) is 11.6 Å². The van der Waals surface area contributed by atoms with Gasteiger partial charge >= 0.3 is 0 Å². The first-order valence-electron chi connectivity index (χ1n) is 6.38. The van der Waals surface area contributed by atoms with Crippen molar-refractivity contribution in [1.29, 1.82) is 0 Å². The lowest BCUT2D eigenvalue weighted by atomic mass is 10.2. The van der Waals surface area contributed by atoms with Crippen molar-refractivity contribution in [1.82, 2.24) is 10.2 Å². The van der Waals surface area contributed by atoms with E-state index in [4.69, 9.17) is 0 Å². The van der Waals surface area contributed by atoms with E-state index in [-0.39, 0.29) is 5.91 Å². The molecule has 0 radical (unpaired) electrons. The molecule has 0 saturated heterocycles. The van der Waals surface area contributed by atoms with Crippen LogP contribution in [-0.4, -0.2) is 16.1 Å². The Morgan fingerprint density at radius 1 is 1.18 bits per heavy atom. The van der Waals surface area contributed by atoms with Gasteiger partial charge < -0.3 is 5.32 Å². The van der Waals surface area contributed by atoms with Crippen molar-refractivity contribution in [3.05, 3.63) is 5.01 Å². The first-order chi connectivity index (χ1) is 8.26. The maximum Gasteiger partial charge on any atom is 0.226 e. The fourth-order valence-electron chi connectivity index (χ4n) is 1.45. The summed E-state index contributed by atoms with van der Waals surface area (Å²) >= 11 is 1.49. The maximum atomic E-state index is 11.5. The highest BCUT2D eigenvalue weighted by molar-refractivity contribution is 7.15. The third-order valence-corrected chi connectivity index (χ3v) is 3.36. The highest BCUT2D eigenvalue weighted by Gasteiger charge is 2.07. The fourth-order valence-corrected chi connectivity index (χ4v) is 2.25. The van der Waals surface area contributed by atoms with Crippen LogP contribution in [-0.2, 0) is 11.2 Å². The molecule has 5 heteroatoms. The molecule has 17 heavy (non-hydrogen) atoms. The van der Waals surface area contributed by atoms with Gasteiger partial charge in [0.25, 0.3) is 0 Å². The molecule has 0 aliphatic carbocycles. The molecule has 0 unspecified atom stereocenters. The monoisotopic (exact) mass is 255 g/mol. The van der Waals surface area contributed by atoms with E-state index < -0.39 is 0 Å². The molecule has 1 N–H and O–H groups in total. The largest absolute Gasteiger partial charge is 0.301 e. The molecule has 0 aliphatic rings. The molecule has 96 valence electrons. The SMILES string of the molecule is CCCCCc1nnc(NC(=O)CCCC)s1. The van der Waals surface area contributed by atoms with Crippen LogP contribution in [0, 0.1) is 0 Å². The van der Waals surface area contributed by atoms with E-state index in [2.05, 4.69) is 29.4 Å². The Morgan fingerprint density at radius 3 is 2.65 bits per heavy atom. The van der Waals surface area contributed by atoms with Crippen molar-refractivity contribution in [2.75, 3.05) is 5.32 Å². The van der Waals surface area contributed by atoms with E-state index in [1.807, 2.05) is 0 Å². The smallest absolute Gasteiger partial charge is 0.226 e. The Bertz CT molecular complexity index is 338. The van der Waals surface area contributed by atoms with Crippen LogP contribution in [0.5, 0.6) is 0 Å². The summed E-state index contributed by atoms with van der Waals surface area (Å²) in [6.07, 6.45) is 7.07. The summed E-state index contributed by atoms with van der Waals surface area (Å²) < 4.78 is 0. The standard InChI is InChI=1S/C12H21N3OS/c1-3-5-7-9-11-14-15-12(17-11)13-10(16)8-6-4-2/h3-9H2,1-2H3,(H,13,15,16). The van der Waals surface area contributed by atoms with Gasteiger partial charge in [-0.05, 0) is 12.8 Å². The number of carbonyl (C=O) groups is 1. The number of amides is 1. The van der Waals surface area contributed by atoms with Crippen LogP contribution < -0.4 is 5.32 Å². The lowest BCUT2D eigenvalue weighted by Crippen LogP contribution is -2.10. The van der Waals surface area contributed by atoms with Gasteiger partial charge in [0.05, 0.1) is 0 Å². The van der Waals surface area contributed by atoms with Crippen LogP contribution in [0.4, 0.5) is 5.13 Å². The summed E-state index contributed by atoms with van der Waals surface area (Å²) in [5, 5.41) is 12.5. The van der Waals surface area contributed by atoms with Crippen LogP contribution in [0.25, 0.3) is 0 Å². The van der Waals surface area contributed by atoms with Crippen LogP contribution in [0.3, 0.4) is 0 Å². The number of nitrogens with zero attached hydrogens (tertiary/aromatic N) is 2. The van der Waals surface area contributed by atoms with Crippen molar-refractivity contribution >= 4 is 22.4 Å². The Kier molecular flexibility index (Phi) is 6.77. The zero-order valence-electron chi connectivity index (χ0n) is 10.7. The first-order valence-corrected chi connectivity index (χ1v) is 7.20. The van der Waals surface area contributed by atoms with Crippen molar-refractivity contribution in [3.8, 4) is 0 Å². The molecule has 0 aliphatic heterocycles. The topological polar surface area (TPSA) is 54.9 Å². The Hall–Kier alpha value is -0.970. The van der Waals surface area contributed by atoms with Crippen LogP contribution >= 0.6 is 11.3 Å². The molecule has 1 aromatic heterocycles. The third kappa shape index (κ3) is 5.77. The highest BCUT2D eigenvalue weighted by atomic mass is 32.1. The molecule has 0 aromatic carbocycles. The van der Waals surface area contributed by atoms with E-state index >= 15 is 0 Å². The Morgan fingerprint density at radius 2 is 1.94 bits per heavy atom. The number of aryl methyl sites for hydroxylation is 1. The molecule has 0 fully saturated rings. The van der Waals surface area contributed by atoms with Gasteiger partial charge in [-0.15, -0.1) is 10.2 Å². The van der Waals surface area contributed by atoms with Crippen LogP contribution in [0.15, 0.2) is 0 Å². The number of anilines is 1. The van der Waals surface area contributed by atoms with Crippen LogP contribution in [0.1, 0.15) is 57.4 Å². The zero-order chi connectivity index (χ0) is 12.5. The average molecular weight is 255 g/mol. The minimum absolute atomic E-state index is 0.0445. The van der Waals surface area contributed by atoms with E-state index in [0.717, 1.165) is 30.7 Å². The number of hydrogen-bond donors (Lipinski definition) is 1. The summed E-state index contributed by atoms with van der Waals surface area (Å²) in [6.45, 7) is 4.25. The van der Waals surface area contributed by atoms with Gasteiger partial charge in [0.2, 0.25) is 11.0 Å². The summed E-state index contributed by atoms with van der Waals surface area (Å²) in [7, 11) is 0. The van der Waals surface area contributed by atoms with Crippen molar-refractivity contribution in [2.24, 2.45) is 0 Å². The first kappa shape index (κ1) is 14.1. The molecule has 1 heterocycles. The number of nitrogens with one attached hydrogen (secondary N) is 1.